The molecule has 1 saturated heterocycles. The summed E-state index contributed by atoms with van der Waals surface area (Å²) in [6, 6.07) is 0.369. The molecule has 2 heterocycles. The molecule has 1 aliphatic carbocycles. The predicted octanol–water partition coefficient (Wildman–Crippen LogP) is 2.00. The minimum atomic E-state index is 0.197. The third-order valence-electron chi connectivity index (χ3n) is 5.27. The van der Waals surface area contributed by atoms with E-state index in [1.165, 1.54) is 0 Å². The Labute approximate surface area is 126 Å². The van der Waals surface area contributed by atoms with E-state index in [4.69, 9.17) is 4.74 Å². The molecule has 2 fully saturated rings. The Hall–Kier alpha value is -1.36. The average Bonchev–Trinajstić information content (AvgIpc) is 3.00. The normalized spacial score (nSPS) is 32.2. The third-order valence-corrected chi connectivity index (χ3v) is 5.27. The number of likely N-dealkylation sites (tertiary alicyclic amines) is 1. The highest BCUT2D eigenvalue weighted by Gasteiger charge is 2.49. The molecule has 1 aliphatic heterocycles. The van der Waals surface area contributed by atoms with Gasteiger partial charge in [-0.15, -0.1) is 0 Å². The van der Waals surface area contributed by atoms with E-state index < -0.39 is 0 Å². The van der Waals surface area contributed by atoms with E-state index in [1.54, 1.807) is 18.0 Å². The summed E-state index contributed by atoms with van der Waals surface area (Å²) in [6.45, 7) is 5.53. The molecule has 0 N–H and O–H groups in total. The Bertz CT molecular complexity index is 527. The molecule has 1 amide bonds. The van der Waals surface area contributed by atoms with Gasteiger partial charge < -0.3 is 9.64 Å². The second kappa shape index (κ2) is 5.44. The first-order valence-electron chi connectivity index (χ1n) is 7.83. The zero-order valence-corrected chi connectivity index (χ0v) is 13.2. The van der Waals surface area contributed by atoms with Crippen LogP contribution in [0.15, 0.2) is 12.4 Å². The van der Waals surface area contributed by atoms with Gasteiger partial charge in [-0.3, -0.25) is 9.48 Å². The van der Waals surface area contributed by atoms with Crippen molar-refractivity contribution in [2.45, 2.75) is 58.2 Å². The number of aromatic nitrogens is 2. The maximum absolute atomic E-state index is 12.6. The Morgan fingerprint density at radius 3 is 3.00 bits per heavy atom. The maximum atomic E-state index is 12.6. The first kappa shape index (κ1) is 14.6. The van der Waals surface area contributed by atoms with Crippen LogP contribution in [0.5, 0.6) is 0 Å². The van der Waals surface area contributed by atoms with Crippen molar-refractivity contribution in [2.75, 3.05) is 13.7 Å². The van der Waals surface area contributed by atoms with Crippen LogP contribution < -0.4 is 0 Å². The summed E-state index contributed by atoms with van der Waals surface area (Å²) in [5.41, 5.74) is 1.31. The molecule has 0 radical (unpaired) electrons. The van der Waals surface area contributed by atoms with Crippen LogP contribution in [-0.4, -0.2) is 46.4 Å². The molecule has 0 aromatic carbocycles. The molecular weight excluding hydrogens is 266 g/mol. The fourth-order valence-corrected chi connectivity index (χ4v) is 4.07. The van der Waals surface area contributed by atoms with Crippen molar-refractivity contribution in [1.29, 1.82) is 0 Å². The van der Waals surface area contributed by atoms with Crippen molar-refractivity contribution in [3.05, 3.63) is 18.0 Å². The fraction of sp³-hybridized carbons (Fsp3) is 0.750. The second-order valence-corrected chi connectivity index (χ2v) is 6.86. The summed E-state index contributed by atoms with van der Waals surface area (Å²) in [7, 11) is 1.80. The highest BCUT2D eigenvalue weighted by atomic mass is 16.5. The molecule has 116 valence electrons. The SMILES string of the molecule is CO[C@@H]1CC[C@H]2N(C(=O)Cn3cc(C)cn3)CC[C@@]2(C)C1. The Morgan fingerprint density at radius 1 is 1.52 bits per heavy atom. The van der Waals surface area contributed by atoms with Gasteiger partial charge in [0, 0.05) is 25.9 Å². The van der Waals surface area contributed by atoms with E-state index in [-0.39, 0.29) is 11.3 Å². The topological polar surface area (TPSA) is 47.4 Å². The van der Waals surface area contributed by atoms with E-state index in [1.807, 2.05) is 13.1 Å². The molecule has 0 bridgehead atoms. The van der Waals surface area contributed by atoms with E-state index in [2.05, 4.69) is 16.9 Å². The summed E-state index contributed by atoms with van der Waals surface area (Å²) in [5, 5.41) is 4.22. The molecule has 2 aliphatic rings. The van der Waals surface area contributed by atoms with Crippen LogP contribution in [0, 0.1) is 12.3 Å². The number of hydrogen-bond donors (Lipinski definition) is 0. The van der Waals surface area contributed by atoms with Gasteiger partial charge in [0.25, 0.3) is 0 Å². The Balaban J connectivity index is 1.68. The standard InChI is InChI=1S/C16H25N3O2/c1-12-9-17-18(10-12)11-15(20)19-7-6-16(2)8-13(21-3)4-5-14(16)19/h9-10,13-14H,4-8,11H2,1-3H3/t13-,14-,16+/m1/s1. The van der Waals surface area contributed by atoms with Crippen LogP contribution in [0.1, 0.15) is 38.2 Å². The average molecular weight is 291 g/mol. The van der Waals surface area contributed by atoms with Crippen LogP contribution >= 0.6 is 0 Å². The minimum Gasteiger partial charge on any atom is -0.381 e. The molecule has 5 heteroatoms. The smallest absolute Gasteiger partial charge is 0.244 e. The Morgan fingerprint density at radius 2 is 2.33 bits per heavy atom. The van der Waals surface area contributed by atoms with Crippen molar-refractivity contribution < 1.29 is 9.53 Å². The first-order valence-corrected chi connectivity index (χ1v) is 7.83. The number of fused-ring (bicyclic) bond motifs is 1. The largest absolute Gasteiger partial charge is 0.381 e. The van der Waals surface area contributed by atoms with Gasteiger partial charge in [-0.2, -0.15) is 5.10 Å². The van der Waals surface area contributed by atoms with Crippen LogP contribution in [0.2, 0.25) is 0 Å². The molecular formula is C16H25N3O2. The summed E-state index contributed by atoms with van der Waals surface area (Å²) < 4.78 is 7.29. The van der Waals surface area contributed by atoms with E-state index in [0.29, 0.717) is 18.7 Å². The monoisotopic (exact) mass is 291 g/mol. The molecule has 1 aromatic rings. The third kappa shape index (κ3) is 2.71. The van der Waals surface area contributed by atoms with Gasteiger partial charge in [-0.25, -0.2) is 0 Å². The van der Waals surface area contributed by atoms with Gasteiger partial charge in [-0.1, -0.05) is 6.92 Å². The Kier molecular flexibility index (Phi) is 3.78. The van der Waals surface area contributed by atoms with Crippen molar-refractivity contribution in [2.24, 2.45) is 5.41 Å². The van der Waals surface area contributed by atoms with Gasteiger partial charge >= 0.3 is 0 Å². The number of amides is 1. The van der Waals surface area contributed by atoms with Gasteiger partial charge in [0.1, 0.15) is 6.54 Å². The van der Waals surface area contributed by atoms with Crippen molar-refractivity contribution in [3.8, 4) is 0 Å². The number of carbonyl (C=O) groups excluding carboxylic acids is 1. The van der Waals surface area contributed by atoms with Crippen LogP contribution in [0.4, 0.5) is 0 Å². The summed E-state index contributed by atoms with van der Waals surface area (Å²) in [4.78, 5) is 14.7. The maximum Gasteiger partial charge on any atom is 0.244 e. The van der Waals surface area contributed by atoms with E-state index in [9.17, 15) is 4.79 Å². The molecule has 3 rings (SSSR count). The molecule has 0 spiro atoms. The van der Waals surface area contributed by atoms with E-state index in [0.717, 1.165) is 37.8 Å². The quantitative estimate of drug-likeness (QED) is 0.856. The van der Waals surface area contributed by atoms with Crippen molar-refractivity contribution in [3.63, 3.8) is 0 Å². The lowest BCUT2D eigenvalue weighted by atomic mass is 9.71. The van der Waals surface area contributed by atoms with Gasteiger partial charge in [0.05, 0.1) is 12.3 Å². The van der Waals surface area contributed by atoms with Crippen LogP contribution in [0.25, 0.3) is 0 Å². The summed E-state index contributed by atoms with van der Waals surface area (Å²) in [6.07, 6.45) is 8.34. The lowest BCUT2D eigenvalue weighted by Gasteiger charge is -2.42. The number of aryl methyl sites for hydroxylation is 1. The number of nitrogens with zero attached hydrogens (tertiary/aromatic N) is 3. The lowest BCUT2D eigenvalue weighted by molar-refractivity contribution is -0.135. The highest BCUT2D eigenvalue weighted by molar-refractivity contribution is 5.76. The first-order chi connectivity index (χ1) is 10.0. The van der Waals surface area contributed by atoms with Crippen molar-refractivity contribution in [1.82, 2.24) is 14.7 Å². The molecule has 21 heavy (non-hydrogen) atoms. The van der Waals surface area contributed by atoms with Gasteiger partial charge in [-0.05, 0) is 43.6 Å². The zero-order valence-electron chi connectivity index (χ0n) is 13.2. The molecule has 3 atom stereocenters. The predicted molar refractivity (Wildman–Crippen MR) is 79.8 cm³/mol. The number of methoxy groups -OCH3 is 1. The molecule has 0 unspecified atom stereocenters. The molecule has 1 saturated carbocycles. The number of hydrogen-bond acceptors (Lipinski definition) is 3. The lowest BCUT2D eigenvalue weighted by Crippen LogP contribution is -2.47. The summed E-state index contributed by atoms with van der Waals surface area (Å²) >= 11 is 0. The minimum absolute atomic E-state index is 0.197. The molecule has 1 aromatic heterocycles. The summed E-state index contributed by atoms with van der Waals surface area (Å²) in [5.74, 6) is 0.197. The van der Waals surface area contributed by atoms with Gasteiger partial charge in [0.2, 0.25) is 5.91 Å². The van der Waals surface area contributed by atoms with Crippen LogP contribution in [0.3, 0.4) is 0 Å². The van der Waals surface area contributed by atoms with Crippen LogP contribution in [-0.2, 0) is 16.1 Å². The van der Waals surface area contributed by atoms with Crippen molar-refractivity contribution >= 4 is 5.91 Å². The number of rotatable bonds is 3. The zero-order chi connectivity index (χ0) is 15.0. The fourth-order valence-electron chi connectivity index (χ4n) is 4.07. The number of carbonyl (C=O) groups is 1. The highest BCUT2D eigenvalue weighted by Crippen LogP contribution is 2.47. The van der Waals surface area contributed by atoms with Gasteiger partial charge in [0.15, 0.2) is 0 Å². The molecule has 5 nitrogen and oxygen atoms in total. The number of ether oxygens (including phenoxy) is 1. The van der Waals surface area contributed by atoms with E-state index >= 15 is 0 Å². The second-order valence-electron chi connectivity index (χ2n) is 6.86.